The molecule has 0 aliphatic rings. The standard InChI is InChI=1S/C12H18/c1-3-5-7-9-11-12-10-8-6-4-2/h3,6-10,12H,1,4-5,11H2,2H3. The zero-order chi connectivity index (χ0) is 9.07. The van der Waals surface area contributed by atoms with Crippen molar-refractivity contribution in [1.82, 2.24) is 0 Å². The minimum absolute atomic E-state index is 0.971. The number of hydrogen-bond donors (Lipinski definition) is 0. The average Bonchev–Trinajstić information content (AvgIpc) is 2.10. The highest BCUT2D eigenvalue weighted by molar-refractivity contribution is 5.04. The molecule has 0 radical (unpaired) electrons. The molecule has 0 aromatic carbocycles. The molecule has 0 aromatic heterocycles. The van der Waals surface area contributed by atoms with Gasteiger partial charge < -0.3 is 0 Å². The lowest BCUT2D eigenvalue weighted by molar-refractivity contribution is 1.22. The number of allylic oxidation sites excluding steroid dienone is 7. The van der Waals surface area contributed by atoms with Gasteiger partial charge >= 0.3 is 0 Å². The lowest BCUT2D eigenvalue weighted by Crippen LogP contribution is -1.59. The lowest BCUT2D eigenvalue weighted by Gasteiger charge is -1.80. The van der Waals surface area contributed by atoms with E-state index in [9.17, 15) is 0 Å². The summed E-state index contributed by atoms with van der Waals surface area (Å²) in [5.41, 5.74) is 0. The summed E-state index contributed by atoms with van der Waals surface area (Å²) in [6.45, 7) is 5.77. The van der Waals surface area contributed by atoms with Crippen LogP contribution < -0.4 is 0 Å². The summed E-state index contributed by atoms with van der Waals surface area (Å²) in [7, 11) is 0. The molecule has 0 heterocycles. The van der Waals surface area contributed by atoms with Crippen LogP contribution in [0, 0.1) is 0 Å². The largest absolute Gasteiger partial charge is 0.103 e. The molecule has 0 aromatic rings. The molecule has 0 atom stereocenters. The normalized spacial score (nSPS) is 12.1. The van der Waals surface area contributed by atoms with Crippen LogP contribution in [0.4, 0.5) is 0 Å². The summed E-state index contributed by atoms with van der Waals surface area (Å²) in [5, 5.41) is 0. The van der Waals surface area contributed by atoms with Gasteiger partial charge in [0, 0.05) is 0 Å². The van der Waals surface area contributed by atoms with Crippen LogP contribution in [0.3, 0.4) is 0 Å². The summed E-state index contributed by atoms with van der Waals surface area (Å²) >= 11 is 0. The predicted octanol–water partition coefficient (Wildman–Crippen LogP) is 4.03. The van der Waals surface area contributed by atoms with Crippen molar-refractivity contribution in [2.24, 2.45) is 0 Å². The van der Waals surface area contributed by atoms with Gasteiger partial charge in [0.1, 0.15) is 0 Å². The molecular formula is C12H18. The lowest BCUT2D eigenvalue weighted by atomic mass is 10.3. The van der Waals surface area contributed by atoms with E-state index in [-0.39, 0.29) is 0 Å². The minimum atomic E-state index is 0.971. The maximum absolute atomic E-state index is 3.64. The van der Waals surface area contributed by atoms with Gasteiger partial charge in [-0.25, -0.2) is 0 Å². The fourth-order valence-corrected chi connectivity index (χ4v) is 0.739. The van der Waals surface area contributed by atoms with Crippen molar-refractivity contribution in [3.63, 3.8) is 0 Å². The highest BCUT2D eigenvalue weighted by Gasteiger charge is 1.69. The zero-order valence-corrected chi connectivity index (χ0v) is 7.87. The van der Waals surface area contributed by atoms with Crippen LogP contribution in [0.25, 0.3) is 0 Å². The summed E-state index contributed by atoms with van der Waals surface area (Å²) < 4.78 is 0. The van der Waals surface area contributed by atoms with Crippen molar-refractivity contribution in [3.8, 4) is 0 Å². The third-order valence-electron chi connectivity index (χ3n) is 1.36. The quantitative estimate of drug-likeness (QED) is 0.408. The van der Waals surface area contributed by atoms with E-state index in [1.54, 1.807) is 0 Å². The fraction of sp³-hybridized carbons (Fsp3) is 0.333. The van der Waals surface area contributed by atoms with Crippen molar-refractivity contribution < 1.29 is 0 Å². The molecule has 0 N–H and O–H groups in total. The molecule has 0 bridgehead atoms. The average molecular weight is 162 g/mol. The van der Waals surface area contributed by atoms with Gasteiger partial charge in [-0.05, 0) is 19.3 Å². The maximum atomic E-state index is 3.64. The Labute approximate surface area is 76.0 Å². The summed E-state index contributed by atoms with van der Waals surface area (Å²) in [4.78, 5) is 0. The Morgan fingerprint density at radius 2 is 1.58 bits per heavy atom. The van der Waals surface area contributed by atoms with Gasteiger partial charge in [0.25, 0.3) is 0 Å². The first-order valence-corrected chi connectivity index (χ1v) is 4.49. The van der Waals surface area contributed by atoms with Crippen molar-refractivity contribution in [2.45, 2.75) is 26.2 Å². The first-order valence-electron chi connectivity index (χ1n) is 4.49. The van der Waals surface area contributed by atoms with Gasteiger partial charge in [0.05, 0.1) is 0 Å². The molecule has 0 heteroatoms. The van der Waals surface area contributed by atoms with Crippen molar-refractivity contribution in [3.05, 3.63) is 49.1 Å². The second-order valence-electron chi connectivity index (χ2n) is 2.50. The van der Waals surface area contributed by atoms with Crippen LogP contribution >= 0.6 is 0 Å². The topological polar surface area (TPSA) is 0 Å². The Bertz CT molecular complexity index is 170. The predicted molar refractivity (Wildman–Crippen MR) is 57.1 cm³/mol. The van der Waals surface area contributed by atoms with Gasteiger partial charge in [-0.2, -0.15) is 0 Å². The van der Waals surface area contributed by atoms with Crippen molar-refractivity contribution >= 4 is 0 Å². The Kier molecular flexibility index (Phi) is 9.10. The van der Waals surface area contributed by atoms with Gasteiger partial charge in [-0.1, -0.05) is 49.5 Å². The van der Waals surface area contributed by atoms with Gasteiger partial charge in [0.2, 0.25) is 0 Å². The molecule has 66 valence electrons. The highest BCUT2D eigenvalue weighted by Crippen LogP contribution is 1.90. The van der Waals surface area contributed by atoms with Crippen LogP contribution in [0.5, 0.6) is 0 Å². The third kappa shape index (κ3) is 8.96. The molecule has 0 amide bonds. The van der Waals surface area contributed by atoms with E-state index in [1.165, 1.54) is 0 Å². The zero-order valence-electron chi connectivity index (χ0n) is 7.87. The second kappa shape index (κ2) is 9.96. The van der Waals surface area contributed by atoms with E-state index < -0.39 is 0 Å². The highest BCUT2D eigenvalue weighted by atomic mass is 13.8. The molecule has 0 saturated carbocycles. The van der Waals surface area contributed by atoms with Gasteiger partial charge in [-0.3, -0.25) is 0 Å². The molecule has 0 spiro atoms. The smallest absolute Gasteiger partial charge is 0.0166 e. The molecule has 0 unspecified atom stereocenters. The van der Waals surface area contributed by atoms with Crippen molar-refractivity contribution in [2.75, 3.05) is 0 Å². The second-order valence-corrected chi connectivity index (χ2v) is 2.50. The molecule has 0 fully saturated rings. The monoisotopic (exact) mass is 162 g/mol. The Balaban J connectivity index is 3.35. The van der Waals surface area contributed by atoms with Crippen LogP contribution in [0.2, 0.25) is 0 Å². The molecule has 0 saturated heterocycles. The van der Waals surface area contributed by atoms with E-state index in [0.29, 0.717) is 0 Å². The van der Waals surface area contributed by atoms with Gasteiger partial charge in [-0.15, -0.1) is 6.58 Å². The Morgan fingerprint density at radius 1 is 0.917 bits per heavy atom. The molecule has 0 aliphatic carbocycles. The van der Waals surface area contributed by atoms with E-state index >= 15 is 0 Å². The van der Waals surface area contributed by atoms with E-state index in [2.05, 4.69) is 50.0 Å². The molecule has 12 heavy (non-hydrogen) atoms. The fourth-order valence-electron chi connectivity index (χ4n) is 0.739. The van der Waals surface area contributed by atoms with Crippen LogP contribution in [-0.2, 0) is 0 Å². The molecule has 0 nitrogen and oxygen atoms in total. The van der Waals surface area contributed by atoms with Crippen LogP contribution in [-0.4, -0.2) is 0 Å². The Hall–Kier alpha value is -1.04. The first-order chi connectivity index (χ1) is 5.91. The van der Waals surface area contributed by atoms with E-state index in [1.807, 2.05) is 6.08 Å². The summed E-state index contributed by atoms with van der Waals surface area (Å²) in [5.74, 6) is 0. The van der Waals surface area contributed by atoms with Gasteiger partial charge in [0.15, 0.2) is 0 Å². The summed E-state index contributed by atoms with van der Waals surface area (Å²) in [6.07, 6.45) is 17.7. The molecule has 0 aliphatic heterocycles. The first kappa shape index (κ1) is 11.0. The van der Waals surface area contributed by atoms with E-state index in [4.69, 9.17) is 0 Å². The minimum Gasteiger partial charge on any atom is -0.103 e. The SMILES string of the molecule is C=CCC=CCC=CC=CCC. The number of hydrogen-bond acceptors (Lipinski definition) is 0. The Morgan fingerprint density at radius 3 is 2.25 bits per heavy atom. The van der Waals surface area contributed by atoms with Crippen LogP contribution in [0.15, 0.2) is 49.1 Å². The molecule has 0 rings (SSSR count). The van der Waals surface area contributed by atoms with Crippen molar-refractivity contribution in [1.29, 1.82) is 0 Å². The third-order valence-corrected chi connectivity index (χ3v) is 1.36. The van der Waals surface area contributed by atoms with Crippen LogP contribution in [0.1, 0.15) is 26.2 Å². The maximum Gasteiger partial charge on any atom is -0.0166 e. The molecular weight excluding hydrogens is 144 g/mol. The number of rotatable bonds is 6. The summed E-state index contributed by atoms with van der Waals surface area (Å²) in [6, 6.07) is 0. The van der Waals surface area contributed by atoms with E-state index in [0.717, 1.165) is 19.3 Å².